The summed E-state index contributed by atoms with van der Waals surface area (Å²) in [6.45, 7) is 5.42. The molecule has 2 heterocycles. The van der Waals surface area contributed by atoms with Crippen LogP contribution >= 0.6 is 0 Å². The van der Waals surface area contributed by atoms with E-state index in [1.165, 1.54) is 6.07 Å². The van der Waals surface area contributed by atoms with Gasteiger partial charge in [0.05, 0.1) is 0 Å². The molecule has 0 saturated carbocycles. The lowest BCUT2D eigenvalue weighted by Crippen LogP contribution is -2.45. The topological polar surface area (TPSA) is 39.1 Å². The summed E-state index contributed by atoms with van der Waals surface area (Å²) in [4.78, 5) is 0. The molecule has 4 nitrogen and oxygen atoms in total. The first kappa shape index (κ1) is 17.1. The maximum Gasteiger partial charge on any atom is 0.123 e. The predicted molar refractivity (Wildman–Crippen MR) is 92.4 cm³/mol. The Morgan fingerprint density at radius 3 is 2.88 bits per heavy atom. The lowest BCUT2D eigenvalue weighted by Gasteiger charge is -2.39. The molecular formula is C19H26FN3O. The van der Waals surface area contributed by atoms with Crippen LogP contribution in [-0.4, -0.2) is 35.6 Å². The van der Waals surface area contributed by atoms with Crippen LogP contribution in [0.2, 0.25) is 0 Å². The monoisotopic (exact) mass is 331 g/mol. The SMILES string of the molecule is CC(CCn1cccn1)NCC1(c2cccc(F)c2)CCOCC1. The van der Waals surface area contributed by atoms with Crippen LogP contribution in [0.5, 0.6) is 0 Å². The maximum absolute atomic E-state index is 13.7. The molecule has 130 valence electrons. The molecule has 1 N–H and O–H groups in total. The minimum atomic E-state index is -0.162. The zero-order chi connectivity index (χ0) is 16.8. The number of nitrogens with zero attached hydrogens (tertiary/aromatic N) is 2. The molecule has 1 fully saturated rings. The molecule has 0 amide bonds. The Balaban J connectivity index is 1.62. The van der Waals surface area contributed by atoms with Gasteiger partial charge in [-0.15, -0.1) is 0 Å². The maximum atomic E-state index is 13.7. The van der Waals surface area contributed by atoms with Crippen LogP contribution < -0.4 is 5.32 Å². The number of hydrogen-bond acceptors (Lipinski definition) is 3. The Bertz CT molecular complexity index is 623. The van der Waals surface area contributed by atoms with Crippen molar-refractivity contribution < 1.29 is 9.13 Å². The van der Waals surface area contributed by atoms with Crippen molar-refractivity contribution in [2.45, 2.75) is 44.2 Å². The van der Waals surface area contributed by atoms with Gasteiger partial charge in [-0.3, -0.25) is 4.68 Å². The van der Waals surface area contributed by atoms with E-state index in [1.54, 1.807) is 12.3 Å². The van der Waals surface area contributed by atoms with Gasteiger partial charge in [0, 0.05) is 50.2 Å². The third kappa shape index (κ3) is 4.22. The average Bonchev–Trinajstić information content (AvgIpc) is 3.12. The van der Waals surface area contributed by atoms with Gasteiger partial charge >= 0.3 is 0 Å². The third-order valence-corrected chi connectivity index (χ3v) is 5.03. The van der Waals surface area contributed by atoms with Gasteiger partial charge in [0.1, 0.15) is 5.82 Å². The van der Waals surface area contributed by atoms with Gasteiger partial charge in [0.25, 0.3) is 0 Å². The van der Waals surface area contributed by atoms with E-state index in [0.29, 0.717) is 6.04 Å². The van der Waals surface area contributed by atoms with Gasteiger partial charge < -0.3 is 10.1 Å². The number of ether oxygens (including phenoxy) is 1. The number of rotatable bonds is 7. The predicted octanol–water partition coefficient (Wildman–Crippen LogP) is 3.14. The number of halogens is 1. The van der Waals surface area contributed by atoms with Crippen LogP contribution in [0.25, 0.3) is 0 Å². The van der Waals surface area contributed by atoms with Crippen LogP contribution in [0, 0.1) is 5.82 Å². The van der Waals surface area contributed by atoms with E-state index in [4.69, 9.17) is 4.74 Å². The molecule has 1 aromatic heterocycles. The molecule has 1 aromatic carbocycles. The molecule has 24 heavy (non-hydrogen) atoms. The molecule has 1 aliphatic heterocycles. The molecule has 2 aromatic rings. The highest BCUT2D eigenvalue weighted by Gasteiger charge is 2.34. The Morgan fingerprint density at radius 2 is 2.17 bits per heavy atom. The van der Waals surface area contributed by atoms with Crippen LogP contribution in [0.1, 0.15) is 31.7 Å². The summed E-state index contributed by atoms with van der Waals surface area (Å²) < 4.78 is 21.2. The van der Waals surface area contributed by atoms with Crippen molar-refractivity contribution >= 4 is 0 Å². The van der Waals surface area contributed by atoms with Gasteiger partial charge in [0.2, 0.25) is 0 Å². The standard InChI is InChI=1S/C19H26FN3O/c1-16(6-11-23-10-3-9-22-23)21-15-19(7-12-24-13-8-19)17-4-2-5-18(20)14-17/h2-5,9-10,14,16,21H,6-8,11-13,15H2,1H3. The fraction of sp³-hybridized carbons (Fsp3) is 0.526. The normalized spacial score (nSPS) is 18.4. The van der Waals surface area contributed by atoms with Crippen LogP contribution in [-0.2, 0) is 16.7 Å². The highest BCUT2D eigenvalue weighted by atomic mass is 19.1. The van der Waals surface area contributed by atoms with E-state index in [2.05, 4.69) is 17.3 Å². The number of aromatic nitrogens is 2. The van der Waals surface area contributed by atoms with E-state index in [1.807, 2.05) is 29.1 Å². The Labute approximate surface area is 143 Å². The molecule has 0 spiro atoms. The van der Waals surface area contributed by atoms with Crippen molar-refractivity contribution in [2.75, 3.05) is 19.8 Å². The minimum absolute atomic E-state index is 0.0414. The molecule has 0 radical (unpaired) electrons. The molecule has 1 unspecified atom stereocenters. The minimum Gasteiger partial charge on any atom is -0.381 e. The summed E-state index contributed by atoms with van der Waals surface area (Å²) in [5.41, 5.74) is 1.04. The van der Waals surface area contributed by atoms with Gasteiger partial charge in [0.15, 0.2) is 0 Å². The second-order valence-electron chi connectivity index (χ2n) is 6.74. The highest BCUT2D eigenvalue weighted by molar-refractivity contribution is 5.27. The summed E-state index contributed by atoms with van der Waals surface area (Å²) in [6.07, 6.45) is 6.65. The van der Waals surface area contributed by atoms with Gasteiger partial charge in [-0.05, 0) is 49.9 Å². The van der Waals surface area contributed by atoms with Gasteiger partial charge in [-0.1, -0.05) is 12.1 Å². The summed E-state index contributed by atoms with van der Waals surface area (Å²) in [5, 5.41) is 7.89. The van der Waals surface area contributed by atoms with E-state index in [0.717, 1.165) is 51.1 Å². The second-order valence-corrected chi connectivity index (χ2v) is 6.74. The fourth-order valence-corrected chi connectivity index (χ4v) is 3.38. The molecule has 1 atom stereocenters. The van der Waals surface area contributed by atoms with Crippen molar-refractivity contribution in [1.29, 1.82) is 0 Å². The largest absolute Gasteiger partial charge is 0.381 e. The Kier molecular flexibility index (Phi) is 5.63. The molecule has 3 rings (SSSR count). The molecule has 5 heteroatoms. The Morgan fingerprint density at radius 1 is 1.33 bits per heavy atom. The van der Waals surface area contributed by atoms with Crippen molar-refractivity contribution in [1.82, 2.24) is 15.1 Å². The number of hydrogen-bond donors (Lipinski definition) is 1. The van der Waals surface area contributed by atoms with Crippen molar-refractivity contribution in [3.05, 3.63) is 54.1 Å². The third-order valence-electron chi connectivity index (χ3n) is 5.03. The first-order chi connectivity index (χ1) is 11.7. The lowest BCUT2D eigenvalue weighted by atomic mass is 9.74. The number of aryl methyl sites for hydroxylation is 1. The second kappa shape index (κ2) is 7.90. The molecule has 1 aliphatic rings. The highest BCUT2D eigenvalue weighted by Crippen LogP contribution is 2.34. The summed E-state index contributed by atoms with van der Waals surface area (Å²) in [5.74, 6) is -0.162. The molecule has 0 aliphatic carbocycles. The van der Waals surface area contributed by atoms with Gasteiger partial charge in [-0.25, -0.2) is 4.39 Å². The van der Waals surface area contributed by atoms with Crippen LogP contribution in [0.15, 0.2) is 42.7 Å². The molecular weight excluding hydrogens is 305 g/mol. The first-order valence-corrected chi connectivity index (χ1v) is 8.73. The molecule has 1 saturated heterocycles. The Hall–Kier alpha value is -1.72. The fourth-order valence-electron chi connectivity index (χ4n) is 3.38. The van der Waals surface area contributed by atoms with E-state index < -0.39 is 0 Å². The van der Waals surface area contributed by atoms with E-state index >= 15 is 0 Å². The lowest BCUT2D eigenvalue weighted by molar-refractivity contribution is 0.0488. The number of nitrogens with one attached hydrogen (secondary N) is 1. The summed E-state index contributed by atoms with van der Waals surface area (Å²) >= 11 is 0. The summed E-state index contributed by atoms with van der Waals surface area (Å²) in [7, 11) is 0. The first-order valence-electron chi connectivity index (χ1n) is 8.73. The van der Waals surface area contributed by atoms with E-state index in [-0.39, 0.29) is 11.2 Å². The average molecular weight is 331 g/mol. The zero-order valence-electron chi connectivity index (χ0n) is 14.2. The van der Waals surface area contributed by atoms with Gasteiger partial charge in [-0.2, -0.15) is 5.10 Å². The smallest absolute Gasteiger partial charge is 0.123 e. The van der Waals surface area contributed by atoms with Crippen LogP contribution in [0.4, 0.5) is 4.39 Å². The van der Waals surface area contributed by atoms with Crippen LogP contribution in [0.3, 0.4) is 0 Å². The molecule has 0 bridgehead atoms. The summed E-state index contributed by atoms with van der Waals surface area (Å²) in [6, 6.07) is 9.37. The quantitative estimate of drug-likeness (QED) is 0.847. The van der Waals surface area contributed by atoms with Crippen molar-refractivity contribution in [2.24, 2.45) is 0 Å². The van der Waals surface area contributed by atoms with Crippen molar-refractivity contribution in [3.8, 4) is 0 Å². The van der Waals surface area contributed by atoms with Crippen molar-refractivity contribution in [3.63, 3.8) is 0 Å². The van der Waals surface area contributed by atoms with E-state index in [9.17, 15) is 4.39 Å². The number of benzene rings is 1. The zero-order valence-corrected chi connectivity index (χ0v) is 14.2.